The molecular weight excluding hydrogens is 473 g/mol. The van der Waals surface area contributed by atoms with Gasteiger partial charge in [0.25, 0.3) is 5.60 Å². The number of halogens is 3. The molecular formula is C27H35F3O4Si. The van der Waals surface area contributed by atoms with E-state index in [0.717, 1.165) is 18.4 Å². The van der Waals surface area contributed by atoms with E-state index >= 15 is 0 Å². The summed E-state index contributed by atoms with van der Waals surface area (Å²) in [5.74, 6) is -0.645. The molecule has 4 nitrogen and oxygen atoms in total. The van der Waals surface area contributed by atoms with Crippen LogP contribution in [-0.4, -0.2) is 34.2 Å². The van der Waals surface area contributed by atoms with Crippen molar-refractivity contribution in [2.24, 2.45) is 0 Å². The zero-order chi connectivity index (χ0) is 26.3. The molecule has 2 aromatic rings. The van der Waals surface area contributed by atoms with Crippen LogP contribution in [0.2, 0.25) is 18.1 Å². The standard InChI is InChI=1S/C27H35F3O4Si/c1-25(2,3)35(5,6)34-23-19-13-12-16-21(23)15-9-8-14-20-33-24(31)26(32-4,27(28,29)30)22-17-10-7-11-18-22/h7-8,10-14,16-19H,9,15,20H2,1-6H3/b14-8+/t26-/m0/s1. The minimum Gasteiger partial charge on any atom is -0.543 e. The third-order valence-electron chi connectivity index (χ3n) is 6.37. The van der Waals surface area contributed by atoms with Gasteiger partial charge in [0.1, 0.15) is 12.4 Å². The number of ether oxygens (including phenoxy) is 2. The molecule has 0 bridgehead atoms. The van der Waals surface area contributed by atoms with Crippen molar-refractivity contribution in [2.45, 2.75) is 63.5 Å². The number of esters is 1. The summed E-state index contributed by atoms with van der Waals surface area (Å²) in [6.07, 6.45) is -0.373. The van der Waals surface area contributed by atoms with Gasteiger partial charge in [-0.2, -0.15) is 13.2 Å². The Morgan fingerprint density at radius 2 is 1.54 bits per heavy atom. The van der Waals surface area contributed by atoms with Crippen LogP contribution in [0.15, 0.2) is 66.7 Å². The number of hydrogen-bond acceptors (Lipinski definition) is 4. The number of benzene rings is 2. The second kappa shape index (κ2) is 11.4. The van der Waals surface area contributed by atoms with Crippen LogP contribution in [0.3, 0.4) is 0 Å². The third kappa shape index (κ3) is 6.76. The number of alkyl halides is 3. The molecule has 0 aliphatic carbocycles. The second-order valence-corrected chi connectivity index (χ2v) is 14.6. The highest BCUT2D eigenvalue weighted by molar-refractivity contribution is 6.74. The molecule has 2 aromatic carbocycles. The normalized spacial score (nSPS) is 14.5. The zero-order valence-electron chi connectivity index (χ0n) is 21.2. The first-order chi connectivity index (χ1) is 16.3. The van der Waals surface area contributed by atoms with Crippen LogP contribution in [0, 0.1) is 0 Å². The molecule has 0 aliphatic rings. The molecule has 0 heterocycles. The Hall–Kier alpha value is -2.58. The SMILES string of the molecule is CO[C@](C(=O)OC/C=C/CCc1ccccc1O[Si](C)(C)C(C)(C)C)(c1ccccc1)C(F)(F)F. The van der Waals surface area contributed by atoms with Gasteiger partial charge in [0, 0.05) is 12.7 Å². The van der Waals surface area contributed by atoms with Gasteiger partial charge >= 0.3 is 12.1 Å². The van der Waals surface area contributed by atoms with Crippen molar-refractivity contribution in [1.82, 2.24) is 0 Å². The van der Waals surface area contributed by atoms with Gasteiger partial charge in [0.05, 0.1) is 0 Å². The highest BCUT2D eigenvalue weighted by atomic mass is 28.4. The van der Waals surface area contributed by atoms with Gasteiger partial charge in [0.2, 0.25) is 8.32 Å². The zero-order valence-corrected chi connectivity index (χ0v) is 22.2. The molecule has 0 radical (unpaired) electrons. The molecule has 0 aliphatic heterocycles. The fourth-order valence-electron chi connectivity index (χ4n) is 3.28. The van der Waals surface area contributed by atoms with Crippen molar-refractivity contribution >= 4 is 14.3 Å². The summed E-state index contributed by atoms with van der Waals surface area (Å²) in [4.78, 5) is 12.5. The predicted molar refractivity (Wildman–Crippen MR) is 134 cm³/mol. The van der Waals surface area contributed by atoms with Crippen LogP contribution in [0.5, 0.6) is 5.75 Å². The summed E-state index contributed by atoms with van der Waals surface area (Å²) in [6, 6.07) is 14.6. The molecule has 0 saturated carbocycles. The number of hydrogen-bond donors (Lipinski definition) is 0. The van der Waals surface area contributed by atoms with E-state index in [1.165, 1.54) is 30.3 Å². The van der Waals surface area contributed by atoms with Crippen LogP contribution in [0.4, 0.5) is 13.2 Å². The summed E-state index contributed by atoms with van der Waals surface area (Å²) in [5.41, 5.74) is -2.46. The topological polar surface area (TPSA) is 44.8 Å². The smallest absolute Gasteiger partial charge is 0.432 e. The van der Waals surface area contributed by atoms with E-state index in [1.807, 2.05) is 24.3 Å². The number of aryl methyl sites for hydroxylation is 1. The Kier molecular flexibility index (Phi) is 9.36. The molecule has 0 fully saturated rings. The molecule has 1 atom stereocenters. The van der Waals surface area contributed by atoms with Gasteiger partial charge in [-0.15, -0.1) is 0 Å². The molecule has 0 spiro atoms. The van der Waals surface area contributed by atoms with Crippen molar-refractivity contribution in [3.8, 4) is 5.75 Å². The summed E-state index contributed by atoms with van der Waals surface area (Å²) in [7, 11) is -1.15. The van der Waals surface area contributed by atoms with Crippen LogP contribution in [0.1, 0.15) is 38.3 Å². The van der Waals surface area contributed by atoms with E-state index in [-0.39, 0.29) is 17.2 Å². The highest BCUT2D eigenvalue weighted by Gasteiger charge is 2.64. The van der Waals surface area contributed by atoms with Crippen molar-refractivity contribution in [3.63, 3.8) is 0 Å². The summed E-state index contributed by atoms with van der Waals surface area (Å²) in [5, 5.41) is 0.0669. The van der Waals surface area contributed by atoms with Crippen molar-refractivity contribution in [3.05, 3.63) is 77.9 Å². The van der Waals surface area contributed by atoms with Gasteiger partial charge in [-0.05, 0) is 42.6 Å². The third-order valence-corrected chi connectivity index (χ3v) is 10.7. The molecule has 192 valence electrons. The average Bonchev–Trinajstić information content (AvgIpc) is 2.77. The maximum absolute atomic E-state index is 13.9. The van der Waals surface area contributed by atoms with Gasteiger partial charge in [-0.1, -0.05) is 81.5 Å². The highest BCUT2D eigenvalue weighted by Crippen LogP contribution is 2.43. The summed E-state index contributed by atoms with van der Waals surface area (Å²) in [6.45, 7) is 10.6. The van der Waals surface area contributed by atoms with E-state index in [0.29, 0.717) is 12.8 Å². The summed E-state index contributed by atoms with van der Waals surface area (Å²) < 4.78 is 57.9. The van der Waals surface area contributed by atoms with E-state index in [9.17, 15) is 18.0 Å². The van der Waals surface area contributed by atoms with Gasteiger partial charge < -0.3 is 13.9 Å². The molecule has 35 heavy (non-hydrogen) atoms. The summed E-state index contributed by atoms with van der Waals surface area (Å²) >= 11 is 0. The number of carbonyl (C=O) groups excluding carboxylic acids is 1. The number of rotatable bonds is 10. The lowest BCUT2D eigenvalue weighted by Gasteiger charge is -2.37. The van der Waals surface area contributed by atoms with Crippen molar-refractivity contribution in [2.75, 3.05) is 13.7 Å². The van der Waals surface area contributed by atoms with Crippen molar-refractivity contribution in [1.29, 1.82) is 0 Å². The Morgan fingerprint density at radius 1 is 0.943 bits per heavy atom. The Morgan fingerprint density at radius 3 is 2.11 bits per heavy atom. The van der Waals surface area contributed by atoms with Gasteiger partial charge in [0.15, 0.2) is 0 Å². The maximum Gasteiger partial charge on any atom is 0.432 e. The molecule has 0 N–H and O–H groups in total. The monoisotopic (exact) mass is 508 g/mol. The molecule has 2 rings (SSSR count). The lowest BCUT2D eigenvalue weighted by Crippen LogP contribution is -2.51. The minimum atomic E-state index is -4.99. The maximum atomic E-state index is 13.9. The van der Waals surface area contributed by atoms with Crippen LogP contribution < -0.4 is 4.43 Å². The average molecular weight is 509 g/mol. The van der Waals surface area contributed by atoms with E-state index < -0.39 is 26.1 Å². The Labute approximate surface area is 207 Å². The first-order valence-electron chi connectivity index (χ1n) is 11.5. The van der Waals surface area contributed by atoms with E-state index in [4.69, 9.17) is 13.9 Å². The number of allylic oxidation sites excluding steroid dienone is 1. The lowest BCUT2D eigenvalue weighted by molar-refractivity contribution is -0.275. The Balaban J connectivity index is 2.01. The number of carbonyl (C=O) groups is 1. The molecule has 0 amide bonds. The first kappa shape index (κ1) is 28.7. The lowest BCUT2D eigenvalue weighted by atomic mass is 9.93. The van der Waals surface area contributed by atoms with E-state index in [2.05, 4.69) is 33.9 Å². The number of para-hydroxylation sites is 1. The minimum absolute atomic E-state index is 0.0669. The quantitative estimate of drug-likeness (QED) is 0.193. The largest absolute Gasteiger partial charge is 0.543 e. The molecule has 0 aromatic heterocycles. The number of methoxy groups -OCH3 is 1. The van der Waals surface area contributed by atoms with Crippen molar-refractivity contribution < 1.29 is 31.9 Å². The fourth-order valence-corrected chi connectivity index (χ4v) is 4.33. The van der Waals surface area contributed by atoms with Gasteiger partial charge in [-0.25, -0.2) is 4.79 Å². The second-order valence-electron chi connectivity index (χ2n) is 9.83. The molecule has 0 unspecified atom stereocenters. The van der Waals surface area contributed by atoms with E-state index in [1.54, 1.807) is 12.1 Å². The fraction of sp³-hybridized carbons (Fsp3) is 0.444. The van der Waals surface area contributed by atoms with Crippen LogP contribution in [0.25, 0.3) is 0 Å². The van der Waals surface area contributed by atoms with Crippen LogP contribution in [-0.2, 0) is 26.3 Å². The Bertz CT molecular complexity index is 997. The van der Waals surface area contributed by atoms with Crippen LogP contribution >= 0.6 is 0 Å². The first-order valence-corrected chi connectivity index (χ1v) is 14.4. The molecule has 8 heteroatoms. The predicted octanol–water partition coefficient (Wildman–Crippen LogP) is 7.21. The molecule has 0 saturated heterocycles. The van der Waals surface area contributed by atoms with Gasteiger partial charge in [-0.3, -0.25) is 0 Å².